The van der Waals surface area contributed by atoms with E-state index in [-0.39, 0.29) is 11.3 Å². The van der Waals surface area contributed by atoms with E-state index in [0.717, 1.165) is 18.9 Å². The van der Waals surface area contributed by atoms with Gasteiger partial charge in [0.1, 0.15) is 0 Å². The second-order valence-electron chi connectivity index (χ2n) is 4.84. The van der Waals surface area contributed by atoms with Crippen molar-refractivity contribution < 1.29 is 18.0 Å². The number of alkyl halides is 3. The summed E-state index contributed by atoms with van der Waals surface area (Å²) in [6, 6.07) is 3.68. The molecule has 0 saturated carbocycles. The van der Waals surface area contributed by atoms with Crippen molar-refractivity contribution in [3.05, 3.63) is 29.3 Å². The summed E-state index contributed by atoms with van der Waals surface area (Å²) in [7, 11) is 1.61. The Morgan fingerprint density at radius 2 is 1.95 bits per heavy atom. The van der Waals surface area contributed by atoms with Gasteiger partial charge >= 0.3 is 6.18 Å². The van der Waals surface area contributed by atoms with E-state index in [4.69, 9.17) is 0 Å². The summed E-state index contributed by atoms with van der Waals surface area (Å²) >= 11 is 0. The smallest absolute Gasteiger partial charge is 0.384 e. The molecule has 0 saturated heterocycles. The Bertz CT molecular complexity index is 486. The molecule has 118 valence electrons. The lowest BCUT2D eigenvalue weighted by Crippen LogP contribution is -2.29. The van der Waals surface area contributed by atoms with Crippen LogP contribution in [0.3, 0.4) is 0 Å². The molecular weight excluding hydrogens is 281 g/mol. The molecule has 21 heavy (non-hydrogen) atoms. The van der Waals surface area contributed by atoms with E-state index in [9.17, 15) is 18.0 Å². The number of unbranched alkanes of at least 4 members (excludes halogenated alkanes) is 1. The van der Waals surface area contributed by atoms with Crippen LogP contribution in [0.5, 0.6) is 0 Å². The van der Waals surface area contributed by atoms with Crippen LogP contribution >= 0.6 is 0 Å². The van der Waals surface area contributed by atoms with Gasteiger partial charge in [-0.05, 0) is 25.5 Å². The summed E-state index contributed by atoms with van der Waals surface area (Å²) < 4.78 is 39.2. The predicted octanol–water partition coefficient (Wildman–Crippen LogP) is 4.01. The molecule has 6 heteroatoms. The van der Waals surface area contributed by atoms with Crippen LogP contribution in [0.25, 0.3) is 0 Å². The molecule has 0 aliphatic heterocycles. The van der Waals surface area contributed by atoms with Crippen molar-refractivity contribution in [1.29, 1.82) is 0 Å². The zero-order chi connectivity index (χ0) is 16.0. The highest BCUT2D eigenvalue weighted by molar-refractivity contribution is 6.00. The maximum atomic E-state index is 13.1. The molecule has 0 spiro atoms. The number of rotatable bonds is 6. The van der Waals surface area contributed by atoms with Crippen LogP contribution in [0.4, 0.5) is 18.9 Å². The van der Waals surface area contributed by atoms with Crippen LogP contribution in [0.2, 0.25) is 0 Å². The zero-order valence-electron chi connectivity index (χ0n) is 12.5. The number of nitrogens with zero attached hydrogens (tertiary/aromatic N) is 1. The first kappa shape index (κ1) is 17.3. The Hall–Kier alpha value is -1.72. The molecule has 0 fully saturated rings. The summed E-state index contributed by atoms with van der Waals surface area (Å²) in [6.07, 6.45) is -2.76. The van der Waals surface area contributed by atoms with Gasteiger partial charge in [-0.25, -0.2) is 0 Å². The van der Waals surface area contributed by atoms with Crippen LogP contribution in [0, 0.1) is 0 Å². The number of nitrogens with one attached hydrogen (secondary N) is 1. The van der Waals surface area contributed by atoms with Gasteiger partial charge in [0.15, 0.2) is 0 Å². The van der Waals surface area contributed by atoms with Gasteiger partial charge in [-0.3, -0.25) is 4.79 Å². The summed E-state index contributed by atoms with van der Waals surface area (Å²) in [5.41, 5.74) is -0.884. The third-order valence-electron chi connectivity index (χ3n) is 3.15. The molecule has 1 rings (SSSR count). The Labute approximate surface area is 123 Å². The van der Waals surface area contributed by atoms with E-state index in [1.807, 2.05) is 6.92 Å². The van der Waals surface area contributed by atoms with Crippen molar-refractivity contribution in [3.8, 4) is 0 Å². The minimum atomic E-state index is -4.49. The summed E-state index contributed by atoms with van der Waals surface area (Å²) in [6.45, 7) is 4.53. The molecule has 1 N–H and O–H groups in total. The lowest BCUT2D eigenvalue weighted by atomic mass is 10.0. The van der Waals surface area contributed by atoms with Crippen molar-refractivity contribution >= 4 is 11.6 Å². The molecule has 0 aromatic heterocycles. The number of hydrogen-bond acceptors (Lipinski definition) is 2. The predicted molar refractivity (Wildman–Crippen MR) is 77.5 cm³/mol. The molecule has 0 radical (unpaired) electrons. The number of benzene rings is 1. The quantitative estimate of drug-likeness (QED) is 0.861. The van der Waals surface area contributed by atoms with Gasteiger partial charge in [0, 0.05) is 20.1 Å². The van der Waals surface area contributed by atoms with E-state index in [0.29, 0.717) is 13.1 Å². The van der Waals surface area contributed by atoms with E-state index in [1.54, 1.807) is 14.0 Å². The number of anilines is 1. The van der Waals surface area contributed by atoms with E-state index in [2.05, 4.69) is 5.32 Å². The third kappa shape index (κ3) is 4.37. The topological polar surface area (TPSA) is 32.3 Å². The average molecular weight is 302 g/mol. The summed E-state index contributed by atoms with van der Waals surface area (Å²) in [5, 5.41) is 2.68. The molecule has 1 amide bonds. The molecule has 3 nitrogen and oxygen atoms in total. The monoisotopic (exact) mass is 302 g/mol. The molecule has 0 aliphatic rings. The molecule has 1 aromatic carbocycles. The first-order valence-electron chi connectivity index (χ1n) is 7.02. The maximum Gasteiger partial charge on any atom is 0.418 e. The molecule has 0 atom stereocenters. The van der Waals surface area contributed by atoms with Crippen LogP contribution in [-0.4, -0.2) is 30.9 Å². The number of halogens is 3. The SMILES string of the molecule is CCCCN(C)C(=O)c1cccc(C(F)(F)F)c1NCC. The lowest BCUT2D eigenvalue weighted by Gasteiger charge is -2.21. The van der Waals surface area contributed by atoms with Gasteiger partial charge in [-0.2, -0.15) is 13.2 Å². The minimum absolute atomic E-state index is 0.0604. The number of carbonyl (C=O) groups is 1. The number of hydrogen-bond donors (Lipinski definition) is 1. The van der Waals surface area contributed by atoms with Crippen molar-refractivity contribution in [1.82, 2.24) is 4.90 Å². The molecule has 0 unspecified atom stereocenters. The first-order valence-corrected chi connectivity index (χ1v) is 7.02. The Balaban J connectivity index is 3.20. The number of para-hydroxylation sites is 1. The molecule has 0 heterocycles. The van der Waals surface area contributed by atoms with Gasteiger partial charge in [-0.15, -0.1) is 0 Å². The Kier molecular flexibility index (Phi) is 6.05. The van der Waals surface area contributed by atoms with Crippen LogP contribution < -0.4 is 5.32 Å². The number of carbonyl (C=O) groups excluding carboxylic acids is 1. The second-order valence-corrected chi connectivity index (χ2v) is 4.84. The minimum Gasteiger partial charge on any atom is -0.384 e. The largest absolute Gasteiger partial charge is 0.418 e. The normalized spacial score (nSPS) is 11.3. The third-order valence-corrected chi connectivity index (χ3v) is 3.15. The van der Waals surface area contributed by atoms with Crippen LogP contribution in [0.15, 0.2) is 18.2 Å². The second kappa shape index (κ2) is 7.33. The fraction of sp³-hybridized carbons (Fsp3) is 0.533. The van der Waals surface area contributed by atoms with Crippen LogP contribution in [0.1, 0.15) is 42.6 Å². The fourth-order valence-electron chi connectivity index (χ4n) is 2.04. The van der Waals surface area contributed by atoms with Crippen molar-refractivity contribution in [2.45, 2.75) is 32.9 Å². The highest BCUT2D eigenvalue weighted by Crippen LogP contribution is 2.36. The average Bonchev–Trinajstić information content (AvgIpc) is 2.43. The van der Waals surface area contributed by atoms with E-state index >= 15 is 0 Å². The number of amides is 1. The van der Waals surface area contributed by atoms with Gasteiger partial charge in [0.25, 0.3) is 5.91 Å². The molecule has 1 aromatic rings. The highest BCUT2D eigenvalue weighted by Gasteiger charge is 2.35. The molecule has 0 bridgehead atoms. The van der Waals surface area contributed by atoms with Gasteiger partial charge < -0.3 is 10.2 Å². The highest BCUT2D eigenvalue weighted by atomic mass is 19.4. The Morgan fingerprint density at radius 3 is 2.48 bits per heavy atom. The summed E-state index contributed by atoms with van der Waals surface area (Å²) in [4.78, 5) is 13.8. The van der Waals surface area contributed by atoms with Gasteiger partial charge in [-0.1, -0.05) is 19.4 Å². The van der Waals surface area contributed by atoms with Gasteiger partial charge in [0.05, 0.1) is 16.8 Å². The van der Waals surface area contributed by atoms with Crippen molar-refractivity contribution in [3.63, 3.8) is 0 Å². The lowest BCUT2D eigenvalue weighted by molar-refractivity contribution is -0.137. The Morgan fingerprint density at radius 1 is 1.29 bits per heavy atom. The van der Waals surface area contributed by atoms with Crippen LogP contribution in [-0.2, 0) is 6.18 Å². The van der Waals surface area contributed by atoms with Gasteiger partial charge in [0.2, 0.25) is 0 Å². The molecular formula is C15H21F3N2O. The molecule has 0 aliphatic carbocycles. The van der Waals surface area contributed by atoms with Crippen molar-refractivity contribution in [2.24, 2.45) is 0 Å². The maximum absolute atomic E-state index is 13.1. The standard InChI is InChI=1S/C15H21F3N2O/c1-4-6-10-20(3)14(21)11-8-7-9-12(15(16,17)18)13(11)19-5-2/h7-9,19H,4-6,10H2,1-3H3. The van der Waals surface area contributed by atoms with E-state index < -0.39 is 17.6 Å². The summed E-state index contributed by atoms with van der Waals surface area (Å²) in [5.74, 6) is -0.398. The van der Waals surface area contributed by atoms with Crippen molar-refractivity contribution in [2.75, 3.05) is 25.5 Å². The first-order chi connectivity index (χ1) is 9.82. The fourth-order valence-corrected chi connectivity index (χ4v) is 2.04. The zero-order valence-corrected chi connectivity index (χ0v) is 12.5. The van der Waals surface area contributed by atoms with E-state index in [1.165, 1.54) is 17.0 Å².